The Balaban J connectivity index is 3.71. The van der Waals surface area contributed by atoms with Crippen LogP contribution in [0.3, 0.4) is 0 Å². The number of rotatable bonds is 8. The highest BCUT2D eigenvalue weighted by Gasteiger charge is 2.21. The van der Waals surface area contributed by atoms with Gasteiger partial charge in [0.2, 0.25) is 0 Å². The summed E-state index contributed by atoms with van der Waals surface area (Å²) < 4.78 is 0. The minimum atomic E-state index is 0.239. The number of benzene rings is 1. The van der Waals surface area contributed by atoms with Gasteiger partial charge in [0.1, 0.15) is 0 Å². The Hall–Kier alpha value is -2.28. The maximum atomic E-state index is 4.08. The van der Waals surface area contributed by atoms with E-state index < -0.39 is 0 Å². The average molecular weight is 322 g/mol. The summed E-state index contributed by atoms with van der Waals surface area (Å²) in [5.74, 6) is 0.684. The third kappa shape index (κ3) is 4.86. The largest absolute Gasteiger partial charge is 0.387 e. The molecular weight excluding hydrogens is 290 g/mol. The van der Waals surface area contributed by atoms with E-state index in [0.717, 1.165) is 11.3 Å². The maximum Gasteiger partial charge on any atom is 0.0455 e. The van der Waals surface area contributed by atoms with Gasteiger partial charge >= 0.3 is 0 Å². The molecule has 0 bridgehead atoms. The number of hydrogen-bond donors (Lipinski definition) is 1. The Morgan fingerprint density at radius 2 is 1.75 bits per heavy atom. The molecule has 1 nitrogen and oxygen atoms in total. The fourth-order valence-corrected chi connectivity index (χ4v) is 2.85. The second-order valence-electron chi connectivity index (χ2n) is 6.26. The molecule has 128 valence electrons. The Morgan fingerprint density at radius 1 is 1.12 bits per heavy atom. The lowest BCUT2D eigenvalue weighted by molar-refractivity contribution is 0.532. The standard InChI is InChI=1S/C23H31N/c1-8-11-12-19(9-2)22(21(10-3)17(4)5)23(24-7)20-15-13-18(6)14-16-20/h8-17,21,24H,2-3H2,1,4-7H3/b11-8-,19-12+,23-22-. The van der Waals surface area contributed by atoms with E-state index in [-0.39, 0.29) is 5.92 Å². The van der Waals surface area contributed by atoms with Gasteiger partial charge in [-0.05, 0) is 36.5 Å². The molecule has 1 aromatic rings. The fourth-order valence-electron chi connectivity index (χ4n) is 2.85. The highest BCUT2D eigenvalue weighted by atomic mass is 14.8. The molecule has 0 fully saturated rings. The van der Waals surface area contributed by atoms with E-state index >= 15 is 0 Å². The van der Waals surface area contributed by atoms with Crippen LogP contribution in [0.4, 0.5) is 0 Å². The smallest absolute Gasteiger partial charge is 0.0455 e. The van der Waals surface area contributed by atoms with Crippen molar-refractivity contribution in [1.82, 2.24) is 5.32 Å². The van der Waals surface area contributed by atoms with Crippen molar-refractivity contribution < 1.29 is 0 Å². The van der Waals surface area contributed by atoms with Gasteiger partial charge in [-0.15, -0.1) is 6.58 Å². The van der Waals surface area contributed by atoms with Gasteiger partial charge < -0.3 is 5.32 Å². The van der Waals surface area contributed by atoms with Gasteiger partial charge in [0, 0.05) is 18.7 Å². The number of hydrogen-bond acceptors (Lipinski definition) is 1. The monoisotopic (exact) mass is 321 g/mol. The SMILES string of the molecule is C=CC(=C\C=C/C)/C(=C(/NC)c1ccc(C)cc1)C(C=C)C(C)C. The maximum absolute atomic E-state index is 4.08. The van der Waals surface area contributed by atoms with Crippen LogP contribution in [-0.2, 0) is 0 Å². The summed E-state index contributed by atoms with van der Waals surface area (Å²) in [5, 5.41) is 3.42. The second-order valence-corrected chi connectivity index (χ2v) is 6.26. The molecule has 1 rings (SSSR count). The Morgan fingerprint density at radius 3 is 2.17 bits per heavy atom. The summed E-state index contributed by atoms with van der Waals surface area (Å²) in [6.45, 7) is 16.7. The zero-order valence-electron chi connectivity index (χ0n) is 15.8. The van der Waals surface area contributed by atoms with E-state index in [1.807, 2.05) is 32.2 Å². The lowest BCUT2D eigenvalue weighted by atomic mass is 9.81. The molecule has 0 aromatic heterocycles. The molecule has 0 saturated carbocycles. The van der Waals surface area contributed by atoms with Crippen LogP contribution >= 0.6 is 0 Å². The van der Waals surface area contributed by atoms with Crippen LogP contribution < -0.4 is 5.32 Å². The number of nitrogens with one attached hydrogen (secondary N) is 1. The van der Waals surface area contributed by atoms with Gasteiger partial charge in [0.15, 0.2) is 0 Å². The third-order valence-corrected chi connectivity index (χ3v) is 4.16. The highest BCUT2D eigenvalue weighted by molar-refractivity contribution is 5.73. The Kier molecular flexibility index (Phi) is 8.05. The zero-order valence-corrected chi connectivity index (χ0v) is 15.8. The Bertz CT molecular complexity index is 639. The van der Waals surface area contributed by atoms with Crippen molar-refractivity contribution in [2.45, 2.75) is 27.7 Å². The molecule has 0 saturated heterocycles. The van der Waals surface area contributed by atoms with Crippen LogP contribution in [-0.4, -0.2) is 7.05 Å². The molecule has 0 heterocycles. The van der Waals surface area contributed by atoms with E-state index in [0.29, 0.717) is 5.92 Å². The second kappa shape index (κ2) is 9.77. The van der Waals surface area contributed by atoms with Crippen molar-refractivity contribution in [3.05, 3.63) is 90.1 Å². The lowest BCUT2D eigenvalue weighted by Crippen LogP contribution is -2.17. The van der Waals surface area contributed by atoms with Crippen molar-refractivity contribution >= 4 is 5.70 Å². The fraction of sp³-hybridized carbons (Fsp3) is 0.304. The van der Waals surface area contributed by atoms with Crippen molar-refractivity contribution in [2.24, 2.45) is 11.8 Å². The van der Waals surface area contributed by atoms with Gasteiger partial charge in [0.05, 0.1) is 0 Å². The summed E-state index contributed by atoms with van der Waals surface area (Å²) in [6, 6.07) is 8.62. The topological polar surface area (TPSA) is 12.0 Å². The van der Waals surface area contributed by atoms with Gasteiger partial charge in [-0.2, -0.15) is 0 Å². The number of aryl methyl sites for hydroxylation is 1. The number of allylic oxidation sites excluding steroid dienone is 7. The molecule has 1 N–H and O–H groups in total. The predicted octanol–water partition coefficient (Wildman–Crippen LogP) is 6.07. The first-order valence-corrected chi connectivity index (χ1v) is 8.57. The first-order valence-electron chi connectivity index (χ1n) is 8.57. The molecule has 0 aliphatic heterocycles. The van der Waals surface area contributed by atoms with E-state index in [1.54, 1.807) is 0 Å². The molecule has 1 unspecified atom stereocenters. The van der Waals surface area contributed by atoms with E-state index in [4.69, 9.17) is 0 Å². The molecule has 0 amide bonds. The molecular formula is C23H31N. The van der Waals surface area contributed by atoms with Crippen LogP contribution in [0.5, 0.6) is 0 Å². The van der Waals surface area contributed by atoms with E-state index in [2.05, 4.69) is 75.7 Å². The minimum Gasteiger partial charge on any atom is -0.387 e. The van der Waals surface area contributed by atoms with Crippen molar-refractivity contribution in [2.75, 3.05) is 7.05 Å². The van der Waals surface area contributed by atoms with Gasteiger partial charge in [-0.1, -0.05) is 80.6 Å². The van der Waals surface area contributed by atoms with Crippen LogP contribution in [0.1, 0.15) is 31.9 Å². The third-order valence-electron chi connectivity index (χ3n) is 4.16. The van der Waals surface area contributed by atoms with Crippen LogP contribution in [0, 0.1) is 18.8 Å². The summed E-state index contributed by atoms with van der Waals surface area (Å²) >= 11 is 0. The summed E-state index contributed by atoms with van der Waals surface area (Å²) in [6.07, 6.45) is 10.2. The van der Waals surface area contributed by atoms with Crippen LogP contribution in [0.25, 0.3) is 5.70 Å². The Labute approximate surface area is 148 Å². The van der Waals surface area contributed by atoms with Crippen molar-refractivity contribution in [3.63, 3.8) is 0 Å². The summed E-state index contributed by atoms with van der Waals surface area (Å²) in [4.78, 5) is 0. The van der Waals surface area contributed by atoms with Gasteiger partial charge in [-0.25, -0.2) is 0 Å². The van der Waals surface area contributed by atoms with Crippen LogP contribution in [0.15, 0.2) is 78.9 Å². The summed E-state index contributed by atoms with van der Waals surface area (Å²) in [7, 11) is 1.98. The van der Waals surface area contributed by atoms with E-state index in [9.17, 15) is 0 Å². The molecule has 0 aliphatic rings. The van der Waals surface area contributed by atoms with Crippen molar-refractivity contribution in [1.29, 1.82) is 0 Å². The van der Waals surface area contributed by atoms with Gasteiger partial charge in [-0.3, -0.25) is 0 Å². The van der Waals surface area contributed by atoms with Gasteiger partial charge in [0.25, 0.3) is 0 Å². The first kappa shape index (κ1) is 19.8. The average Bonchev–Trinajstić information content (AvgIpc) is 2.57. The van der Waals surface area contributed by atoms with Crippen molar-refractivity contribution in [3.8, 4) is 0 Å². The zero-order chi connectivity index (χ0) is 18.1. The minimum absolute atomic E-state index is 0.239. The van der Waals surface area contributed by atoms with E-state index in [1.165, 1.54) is 16.7 Å². The molecule has 24 heavy (non-hydrogen) atoms. The molecule has 0 radical (unpaired) electrons. The first-order chi connectivity index (χ1) is 11.5. The predicted molar refractivity (Wildman–Crippen MR) is 109 cm³/mol. The molecule has 0 spiro atoms. The quantitative estimate of drug-likeness (QED) is 0.452. The summed E-state index contributed by atoms with van der Waals surface area (Å²) in [5.41, 5.74) is 5.92. The van der Waals surface area contributed by atoms with Crippen LogP contribution in [0.2, 0.25) is 0 Å². The lowest BCUT2D eigenvalue weighted by Gasteiger charge is -2.26. The molecule has 0 aliphatic carbocycles. The highest BCUT2D eigenvalue weighted by Crippen LogP contribution is 2.34. The normalized spacial score (nSPS) is 14.5. The molecule has 1 aromatic carbocycles. The molecule has 1 atom stereocenters. The molecule has 1 heteroatoms.